The van der Waals surface area contributed by atoms with Gasteiger partial charge in [0.25, 0.3) is 0 Å². The number of carbonyl (C=O) groups is 1. The van der Waals surface area contributed by atoms with Crippen LogP contribution in [0, 0.1) is 0 Å². The minimum atomic E-state index is -3.77. The van der Waals surface area contributed by atoms with Crippen LogP contribution in [0.25, 0.3) is 10.9 Å². The van der Waals surface area contributed by atoms with Crippen molar-refractivity contribution < 1.29 is 34.1 Å². The van der Waals surface area contributed by atoms with Crippen LogP contribution in [-0.4, -0.2) is 62.8 Å². The van der Waals surface area contributed by atoms with Crippen molar-refractivity contribution in [3.05, 3.63) is 12.1 Å². The van der Waals surface area contributed by atoms with E-state index in [1.165, 1.54) is 14.2 Å². The summed E-state index contributed by atoms with van der Waals surface area (Å²) in [6, 6.07) is -0.916. The van der Waals surface area contributed by atoms with Gasteiger partial charge in [0.15, 0.2) is 11.5 Å². The summed E-state index contributed by atoms with van der Waals surface area (Å²) in [5.74, 6) is -3.07. The molecule has 2 aromatic rings. The molecule has 0 bridgehead atoms. The molecule has 2 heterocycles. The number of hydrogen-bond donors (Lipinski definition) is 2. The van der Waals surface area contributed by atoms with E-state index in [4.69, 9.17) is 35.0 Å². The minimum absolute atomic E-state index is 0.187. The average molecular weight is 401 g/mol. The number of rotatable bonds is 8. The number of anilines is 2. The van der Waals surface area contributed by atoms with Crippen molar-refractivity contribution in [2.75, 3.05) is 51.4 Å². The molecule has 9 heteroatoms. The lowest BCUT2D eigenvalue weighted by Gasteiger charge is -2.19. The van der Waals surface area contributed by atoms with Crippen molar-refractivity contribution >= 4 is 28.6 Å². The van der Waals surface area contributed by atoms with Gasteiger partial charge in [0.1, 0.15) is 11.9 Å². The Hall–Kier alpha value is -2.81. The number of aromatic nitrogens is 2. The van der Waals surface area contributed by atoms with Crippen LogP contribution in [0.1, 0.15) is 34.3 Å². The van der Waals surface area contributed by atoms with E-state index in [1.807, 2.05) is 0 Å². The molecular weight excluding hydrogens is 362 g/mol. The summed E-state index contributed by atoms with van der Waals surface area (Å²) >= 11 is 0. The number of hydrogen-bond acceptors (Lipinski definition) is 8. The Kier molecular flexibility index (Phi) is 3.22. The van der Waals surface area contributed by atoms with E-state index < -0.39 is 67.7 Å². The molecule has 1 fully saturated rings. The predicted molar refractivity (Wildman–Crippen MR) is 107 cm³/mol. The number of benzene rings is 1. The second-order valence-corrected chi connectivity index (χ2v) is 5.64. The van der Waals surface area contributed by atoms with Gasteiger partial charge in [-0.25, -0.2) is 4.98 Å². The first-order chi connectivity index (χ1) is 17.8. The van der Waals surface area contributed by atoms with Gasteiger partial charge in [-0.1, -0.05) is 0 Å². The van der Waals surface area contributed by atoms with Crippen molar-refractivity contribution in [3.8, 4) is 11.5 Å². The largest absolute Gasteiger partial charge is 0.493 e. The maximum absolute atomic E-state index is 12.5. The van der Waals surface area contributed by atoms with Gasteiger partial charge in [0.05, 0.1) is 22.5 Å². The molecule has 1 amide bonds. The molecule has 0 radical (unpaired) electrons. The molecule has 28 heavy (non-hydrogen) atoms. The fourth-order valence-corrected chi connectivity index (χ4v) is 2.49. The molecule has 1 saturated heterocycles. The van der Waals surface area contributed by atoms with Gasteiger partial charge in [-0.2, -0.15) is 4.98 Å². The zero-order valence-electron chi connectivity index (χ0n) is 26.3. The topological polar surface area (TPSA) is 112 Å². The summed E-state index contributed by atoms with van der Waals surface area (Å²) in [6.07, 6.45) is -4.08. The third-order valence-electron chi connectivity index (χ3n) is 3.85. The maximum atomic E-state index is 12.5. The SMILES string of the molecule is [2H]c1c(OC)c(OC)c([2H])c2c(N)nc(N(C([2H])([2H])[2H])C([2H])([2H])C([2H])([2H])C([2H])([2H])NC(=O)C3CCCO3)nc12. The smallest absolute Gasteiger partial charge is 0.249 e. The van der Waals surface area contributed by atoms with E-state index in [-0.39, 0.29) is 34.8 Å². The van der Waals surface area contributed by atoms with Gasteiger partial charge < -0.3 is 30.2 Å². The monoisotopic (exact) mass is 400 g/mol. The summed E-state index contributed by atoms with van der Waals surface area (Å²) in [6.45, 7) is -10.5. The number of fused-ring (bicyclic) bond motifs is 1. The minimum Gasteiger partial charge on any atom is -0.493 e. The molecule has 3 N–H and O–H groups in total. The van der Waals surface area contributed by atoms with E-state index in [9.17, 15) is 4.79 Å². The molecule has 1 aliphatic rings. The summed E-state index contributed by atoms with van der Waals surface area (Å²) in [5.41, 5.74) is 5.54. The molecule has 1 aliphatic heterocycles. The molecule has 1 aromatic carbocycles. The van der Waals surface area contributed by atoms with Crippen LogP contribution < -0.4 is 25.4 Å². The molecule has 0 saturated carbocycles. The molecule has 152 valence electrons. The molecule has 1 aromatic heterocycles. The number of nitrogens with two attached hydrogens (primary N) is 1. The summed E-state index contributed by atoms with van der Waals surface area (Å²) in [4.78, 5) is 20.0. The molecule has 0 spiro atoms. The second-order valence-electron chi connectivity index (χ2n) is 5.64. The lowest BCUT2D eigenvalue weighted by molar-refractivity contribution is -0.130. The molecule has 0 aliphatic carbocycles. The van der Waals surface area contributed by atoms with Crippen LogP contribution in [0.4, 0.5) is 11.8 Å². The molecule has 9 nitrogen and oxygen atoms in total. The Morgan fingerprint density at radius 3 is 2.93 bits per heavy atom. The van der Waals surface area contributed by atoms with Gasteiger partial charge in [-0.15, -0.1) is 0 Å². The lowest BCUT2D eigenvalue weighted by Crippen LogP contribution is -2.36. The van der Waals surface area contributed by atoms with Crippen molar-refractivity contribution in [1.29, 1.82) is 0 Å². The van der Waals surface area contributed by atoms with Crippen LogP contribution in [0.3, 0.4) is 0 Å². The fourth-order valence-electron chi connectivity index (χ4n) is 2.49. The standard InChI is InChI=1S/C19H27N5O4/c1-24(8-5-7-21-18(25)14-6-4-9-28-14)19-22-13-11-16(27-3)15(26-2)10-12(13)17(20)23-19/h10-11,14H,4-9H2,1-3H3,(H,21,25)(H2,20,22,23)/i1D3,5D2,7D2,8D2,10D,11D. The Balaban J connectivity index is 2.20. The van der Waals surface area contributed by atoms with E-state index in [0.717, 1.165) is 0 Å². The van der Waals surface area contributed by atoms with Crippen molar-refractivity contribution in [1.82, 2.24) is 15.3 Å². The van der Waals surface area contributed by atoms with Crippen LogP contribution in [0.5, 0.6) is 11.5 Å². The van der Waals surface area contributed by atoms with Gasteiger partial charge in [0, 0.05) is 50.3 Å². The highest BCUT2D eigenvalue weighted by atomic mass is 16.5. The average Bonchev–Trinajstić information content (AvgIpc) is 3.34. The van der Waals surface area contributed by atoms with Crippen molar-refractivity contribution in [3.63, 3.8) is 0 Å². The molecule has 1 unspecified atom stereocenters. The summed E-state index contributed by atoms with van der Waals surface area (Å²) in [5, 5.41) is 1.54. The van der Waals surface area contributed by atoms with Gasteiger partial charge in [-0.3, -0.25) is 4.79 Å². The first-order valence-corrected chi connectivity index (χ1v) is 8.25. The molecule has 1 atom stereocenters. The third-order valence-corrected chi connectivity index (χ3v) is 3.85. The third kappa shape index (κ3) is 4.36. The summed E-state index contributed by atoms with van der Waals surface area (Å²) < 4.78 is 106. The molecular formula is C19H27N5O4. The second kappa shape index (κ2) is 8.92. The molecule has 3 rings (SSSR count). The number of ether oxygens (including phenoxy) is 3. The van der Waals surface area contributed by atoms with E-state index in [2.05, 4.69) is 9.97 Å². The quantitative estimate of drug-likeness (QED) is 0.683. The van der Waals surface area contributed by atoms with Crippen LogP contribution in [-0.2, 0) is 9.53 Å². The van der Waals surface area contributed by atoms with Crippen LogP contribution in [0.15, 0.2) is 12.1 Å². The number of nitrogens with zero attached hydrogens (tertiary/aromatic N) is 3. The predicted octanol–water partition coefficient (Wildman–Crippen LogP) is 1.35. The highest BCUT2D eigenvalue weighted by molar-refractivity contribution is 5.91. The number of carbonyl (C=O) groups excluding carboxylic acids is 1. The fraction of sp³-hybridized carbons (Fsp3) is 0.526. The lowest BCUT2D eigenvalue weighted by atomic mass is 10.2. The Labute approximate surface area is 179 Å². The number of methoxy groups -OCH3 is 2. The van der Waals surface area contributed by atoms with Crippen molar-refractivity contribution in [2.24, 2.45) is 0 Å². The first-order valence-electron chi connectivity index (χ1n) is 13.8. The zero-order chi connectivity index (χ0) is 29.7. The number of nitrogens with one attached hydrogen (secondary N) is 1. The Morgan fingerprint density at radius 1 is 1.46 bits per heavy atom. The zero-order valence-corrected chi connectivity index (χ0v) is 15.3. The Morgan fingerprint density at radius 2 is 2.25 bits per heavy atom. The summed E-state index contributed by atoms with van der Waals surface area (Å²) in [7, 11) is 2.40. The van der Waals surface area contributed by atoms with Crippen molar-refractivity contribution in [2.45, 2.75) is 25.3 Å². The van der Waals surface area contributed by atoms with Crippen LogP contribution in [0.2, 0.25) is 0 Å². The first kappa shape index (κ1) is 10.1. The van der Waals surface area contributed by atoms with E-state index in [1.54, 1.807) is 5.32 Å². The van der Waals surface area contributed by atoms with Gasteiger partial charge in [0.2, 0.25) is 11.9 Å². The van der Waals surface area contributed by atoms with E-state index in [0.29, 0.717) is 6.42 Å². The highest BCUT2D eigenvalue weighted by Crippen LogP contribution is 2.33. The van der Waals surface area contributed by atoms with E-state index >= 15 is 0 Å². The maximum Gasteiger partial charge on any atom is 0.249 e. The highest BCUT2D eigenvalue weighted by Gasteiger charge is 2.22. The van der Waals surface area contributed by atoms with Crippen LogP contribution >= 0.6 is 0 Å². The number of amides is 1. The normalized spacial score (nSPS) is 23.9. The Bertz CT molecular complexity index is 1270. The van der Waals surface area contributed by atoms with Gasteiger partial charge in [-0.05, 0) is 25.3 Å². The number of nitrogen functional groups attached to an aromatic ring is 1. The van der Waals surface area contributed by atoms with Gasteiger partial charge >= 0.3 is 0 Å².